The summed E-state index contributed by atoms with van der Waals surface area (Å²) in [5.41, 5.74) is 0. The third-order valence-corrected chi connectivity index (χ3v) is 6.13. The number of hydrogen-bond acceptors (Lipinski definition) is 4. The molecule has 0 aliphatic carbocycles. The summed E-state index contributed by atoms with van der Waals surface area (Å²) in [5.74, 6) is 0.547. The predicted octanol–water partition coefficient (Wildman–Crippen LogP) is -0.228. The Labute approximate surface area is 121 Å². The molecule has 2 rings (SSSR count). The molecule has 2 N–H and O–H groups in total. The largest absolute Gasteiger partial charge is 0.353 e. The molecule has 2 aliphatic heterocycles. The van der Waals surface area contributed by atoms with Crippen molar-refractivity contribution >= 4 is 15.9 Å². The van der Waals surface area contributed by atoms with Gasteiger partial charge in [-0.05, 0) is 18.8 Å². The quantitative estimate of drug-likeness (QED) is 0.735. The van der Waals surface area contributed by atoms with Crippen molar-refractivity contribution in [3.05, 3.63) is 0 Å². The van der Waals surface area contributed by atoms with Crippen LogP contribution in [0.3, 0.4) is 0 Å². The van der Waals surface area contributed by atoms with Crippen LogP contribution in [0.25, 0.3) is 0 Å². The number of piperidine rings is 1. The van der Waals surface area contributed by atoms with Gasteiger partial charge in [-0.3, -0.25) is 4.79 Å². The molecule has 2 heterocycles. The van der Waals surface area contributed by atoms with E-state index in [1.165, 1.54) is 0 Å². The van der Waals surface area contributed by atoms with Gasteiger partial charge in [-0.2, -0.15) is 0 Å². The summed E-state index contributed by atoms with van der Waals surface area (Å²) in [4.78, 5) is 11.8. The van der Waals surface area contributed by atoms with Crippen LogP contribution in [0.2, 0.25) is 0 Å². The molecular weight excluding hydrogens is 278 g/mol. The van der Waals surface area contributed by atoms with Gasteiger partial charge in [0, 0.05) is 32.2 Å². The van der Waals surface area contributed by atoms with Gasteiger partial charge in [0.1, 0.15) is 0 Å². The lowest BCUT2D eigenvalue weighted by Gasteiger charge is -2.34. The van der Waals surface area contributed by atoms with E-state index in [0.717, 1.165) is 13.1 Å². The van der Waals surface area contributed by atoms with E-state index in [0.29, 0.717) is 25.9 Å². The van der Waals surface area contributed by atoms with Gasteiger partial charge in [0.15, 0.2) is 0 Å². The molecular formula is C13H25N3O3S. The SMILES string of the molecule is CC(C)CS(=O)(=O)N1CCC(NC(=O)C2CNC2)CC1. The first kappa shape index (κ1) is 15.7. The van der Waals surface area contributed by atoms with Crippen LogP contribution in [-0.4, -0.2) is 56.6 Å². The zero-order chi connectivity index (χ0) is 14.8. The van der Waals surface area contributed by atoms with E-state index in [1.54, 1.807) is 4.31 Å². The second-order valence-electron chi connectivity index (χ2n) is 6.21. The molecule has 1 amide bonds. The van der Waals surface area contributed by atoms with Crippen molar-refractivity contribution in [1.82, 2.24) is 14.9 Å². The van der Waals surface area contributed by atoms with E-state index >= 15 is 0 Å². The summed E-state index contributed by atoms with van der Waals surface area (Å²) in [6.07, 6.45) is 1.42. The van der Waals surface area contributed by atoms with E-state index in [-0.39, 0.29) is 29.5 Å². The Hall–Kier alpha value is -0.660. The number of nitrogens with zero attached hydrogens (tertiary/aromatic N) is 1. The van der Waals surface area contributed by atoms with Crippen molar-refractivity contribution in [3.63, 3.8) is 0 Å². The first-order valence-electron chi connectivity index (χ1n) is 7.37. The van der Waals surface area contributed by atoms with Crippen LogP contribution in [-0.2, 0) is 14.8 Å². The molecule has 7 heteroatoms. The lowest BCUT2D eigenvalue weighted by molar-refractivity contribution is -0.127. The number of amides is 1. The lowest BCUT2D eigenvalue weighted by atomic mass is 10.0. The number of sulfonamides is 1. The highest BCUT2D eigenvalue weighted by atomic mass is 32.2. The minimum atomic E-state index is -3.13. The summed E-state index contributed by atoms with van der Waals surface area (Å²) >= 11 is 0. The minimum absolute atomic E-state index is 0.0951. The predicted molar refractivity (Wildman–Crippen MR) is 77.7 cm³/mol. The first-order chi connectivity index (χ1) is 9.38. The van der Waals surface area contributed by atoms with Crippen LogP contribution in [0.4, 0.5) is 0 Å². The maximum Gasteiger partial charge on any atom is 0.225 e. The van der Waals surface area contributed by atoms with Crippen LogP contribution in [0.15, 0.2) is 0 Å². The van der Waals surface area contributed by atoms with Gasteiger partial charge < -0.3 is 10.6 Å². The summed E-state index contributed by atoms with van der Waals surface area (Å²) in [5, 5.41) is 6.11. The highest BCUT2D eigenvalue weighted by Crippen LogP contribution is 2.17. The number of carbonyl (C=O) groups excluding carboxylic acids is 1. The van der Waals surface area contributed by atoms with Crippen LogP contribution < -0.4 is 10.6 Å². The number of carbonyl (C=O) groups is 1. The summed E-state index contributed by atoms with van der Waals surface area (Å²) in [6, 6.07) is 0.119. The highest BCUT2D eigenvalue weighted by Gasteiger charge is 2.31. The Kier molecular flexibility index (Phi) is 5.04. The minimum Gasteiger partial charge on any atom is -0.353 e. The van der Waals surface area contributed by atoms with Gasteiger partial charge in [0.05, 0.1) is 11.7 Å². The molecule has 0 radical (unpaired) electrons. The zero-order valence-corrected chi connectivity index (χ0v) is 13.1. The average molecular weight is 303 g/mol. The standard InChI is InChI=1S/C13H25N3O3S/c1-10(2)9-20(18,19)16-5-3-12(4-6-16)15-13(17)11-7-14-8-11/h10-12,14H,3-9H2,1-2H3,(H,15,17). The summed E-state index contributed by atoms with van der Waals surface area (Å²) in [6.45, 7) is 6.38. The van der Waals surface area contributed by atoms with Crippen molar-refractivity contribution < 1.29 is 13.2 Å². The number of nitrogens with one attached hydrogen (secondary N) is 2. The maximum atomic E-state index is 12.1. The number of rotatable bonds is 5. The van der Waals surface area contributed by atoms with Crippen LogP contribution in [0, 0.1) is 11.8 Å². The molecule has 0 unspecified atom stereocenters. The number of hydrogen-bond donors (Lipinski definition) is 2. The third-order valence-electron chi connectivity index (χ3n) is 3.89. The van der Waals surface area contributed by atoms with E-state index in [9.17, 15) is 13.2 Å². The van der Waals surface area contributed by atoms with Crippen molar-refractivity contribution in [2.75, 3.05) is 31.9 Å². The van der Waals surface area contributed by atoms with Crippen molar-refractivity contribution in [3.8, 4) is 0 Å². The van der Waals surface area contributed by atoms with Gasteiger partial charge >= 0.3 is 0 Å². The molecule has 6 nitrogen and oxygen atoms in total. The molecule has 0 aromatic carbocycles. The van der Waals surface area contributed by atoms with Crippen LogP contribution in [0.1, 0.15) is 26.7 Å². The first-order valence-corrected chi connectivity index (χ1v) is 8.98. The molecule has 2 saturated heterocycles. The van der Waals surface area contributed by atoms with Gasteiger partial charge in [-0.15, -0.1) is 0 Å². The molecule has 0 aromatic rings. The van der Waals surface area contributed by atoms with E-state index in [2.05, 4.69) is 10.6 Å². The Morgan fingerprint density at radius 2 is 1.90 bits per heavy atom. The Balaban J connectivity index is 1.78. The fourth-order valence-corrected chi connectivity index (χ4v) is 4.42. The second-order valence-corrected chi connectivity index (χ2v) is 8.22. The fourth-order valence-electron chi connectivity index (χ4n) is 2.60. The maximum absolute atomic E-state index is 12.1. The zero-order valence-electron chi connectivity index (χ0n) is 12.3. The molecule has 0 atom stereocenters. The van der Waals surface area contributed by atoms with E-state index in [1.807, 2.05) is 13.8 Å². The smallest absolute Gasteiger partial charge is 0.225 e. The van der Waals surface area contributed by atoms with Crippen LogP contribution in [0.5, 0.6) is 0 Å². The normalized spacial score (nSPS) is 22.8. The average Bonchev–Trinajstić information content (AvgIpc) is 2.25. The van der Waals surface area contributed by atoms with Gasteiger partial charge in [-0.25, -0.2) is 12.7 Å². The molecule has 0 aromatic heterocycles. The lowest BCUT2D eigenvalue weighted by Crippen LogP contribution is -2.54. The molecule has 2 aliphatic rings. The second kappa shape index (κ2) is 6.41. The van der Waals surface area contributed by atoms with E-state index < -0.39 is 10.0 Å². The van der Waals surface area contributed by atoms with Crippen molar-refractivity contribution in [2.45, 2.75) is 32.7 Å². The monoisotopic (exact) mass is 303 g/mol. The molecule has 116 valence electrons. The fraction of sp³-hybridized carbons (Fsp3) is 0.923. The van der Waals surface area contributed by atoms with Gasteiger partial charge in [0.25, 0.3) is 0 Å². The molecule has 20 heavy (non-hydrogen) atoms. The Bertz CT molecular complexity index is 438. The summed E-state index contributed by atoms with van der Waals surface area (Å²) in [7, 11) is -3.13. The topological polar surface area (TPSA) is 78.5 Å². The highest BCUT2D eigenvalue weighted by molar-refractivity contribution is 7.89. The van der Waals surface area contributed by atoms with Crippen molar-refractivity contribution in [2.24, 2.45) is 11.8 Å². The Morgan fingerprint density at radius 3 is 2.35 bits per heavy atom. The van der Waals surface area contributed by atoms with Gasteiger partial charge in [0.2, 0.25) is 15.9 Å². The molecule has 0 saturated carbocycles. The van der Waals surface area contributed by atoms with Crippen molar-refractivity contribution in [1.29, 1.82) is 0 Å². The molecule has 0 spiro atoms. The molecule has 2 fully saturated rings. The molecule has 0 bridgehead atoms. The third kappa shape index (κ3) is 3.93. The Morgan fingerprint density at radius 1 is 1.30 bits per heavy atom. The van der Waals surface area contributed by atoms with Gasteiger partial charge in [-0.1, -0.05) is 13.8 Å². The van der Waals surface area contributed by atoms with E-state index in [4.69, 9.17) is 0 Å². The summed E-state index contributed by atoms with van der Waals surface area (Å²) < 4.78 is 25.8. The van der Waals surface area contributed by atoms with Crippen LogP contribution >= 0.6 is 0 Å².